The van der Waals surface area contributed by atoms with Crippen LogP contribution in [0.5, 0.6) is 0 Å². The van der Waals surface area contributed by atoms with E-state index in [1.807, 2.05) is 5.32 Å². The largest absolute Gasteiger partial charge is 0.361 e. The average Bonchev–Trinajstić information content (AvgIpc) is 2.29. The van der Waals surface area contributed by atoms with Crippen LogP contribution in [0.4, 0.5) is 4.79 Å². The molecule has 6 nitrogen and oxygen atoms in total. The first kappa shape index (κ1) is 13.9. The highest BCUT2D eigenvalue weighted by Gasteiger charge is 2.35. The van der Waals surface area contributed by atoms with E-state index in [0.29, 0.717) is 6.54 Å². The first-order chi connectivity index (χ1) is 7.99. The summed E-state index contributed by atoms with van der Waals surface area (Å²) in [6, 6.07) is -0.865. The van der Waals surface area contributed by atoms with Crippen LogP contribution in [-0.2, 0) is 9.53 Å². The number of amides is 3. The van der Waals surface area contributed by atoms with Crippen LogP contribution in [0.25, 0.3) is 0 Å². The van der Waals surface area contributed by atoms with Crippen molar-refractivity contribution in [1.82, 2.24) is 5.32 Å². The molecule has 5 N–H and O–H groups in total. The monoisotopic (exact) mass is 243 g/mol. The van der Waals surface area contributed by atoms with Gasteiger partial charge in [0.1, 0.15) is 6.10 Å². The van der Waals surface area contributed by atoms with Gasteiger partial charge < -0.3 is 16.2 Å². The van der Waals surface area contributed by atoms with Crippen LogP contribution >= 0.6 is 0 Å². The molecule has 17 heavy (non-hydrogen) atoms. The predicted octanol–water partition coefficient (Wildman–Crippen LogP) is 0.248. The van der Waals surface area contributed by atoms with Gasteiger partial charge in [0.2, 0.25) is 0 Å². The number of imide groups is 1. The molecular formula is C11H21N3O3. The van der Waals surface area contributed by atoms with Crippen LogP contribution in [0.15, 0.2) is 0 Å². The van der Waals surface area contributed by atoms with Crippen LogP contribution in [0.2, 0.25) is 0 Å². The number of nitrogens with two attached hydrogens (primary N) is 2. The minimum absolute atomic E-state index is 0.390. The number of urea groups is 1. The normalized spacial score (nSPS) is 20.6. The third kappa shape index (κ3) is 3.98. The fourth-order valence-electron chi connectivity index (χ4n) is 2.22. The van der Waals surface area contributed by atoms with Gasteiger partial charge in [-0.1, -0.05) is 19.3 Å². The summed E-state index contributed by atoms with van der Waals surface area (Å²) in [5, 5.41) is 2.01. The molecule has 0 saturated heterocycles. The van der Waals surface area contributed by atoms with Gasteiger partial charge in [-0.15, -0.1) is 0 Å². The van der Waals surface area contributed by atoms with Crippen LogP contribution in [0, 0.1) is 0 Å². The lowest BCUT2D eigenvalue weighted by molar-refractivity contribution is -0.147. The van der Waals surface area contributed by atoms with Gasteiger partial charge in [0.05, 0.1) is 5.60 Å². The molecule has 1 saturated carbocycles. The first-order valence-electron chi connectivity index (χ1n) is 5.97. The summed E-state index contributed by atoms with van der Waals surface area (Å²) in [6.45, 7) is 1.99. The SMILES string of the molecule is CC(OC1(CN)CCCCC1)C(=O)NC(N)=O. The van der Waals surface area contributed by atoms with Crippen molar-refractivity contribution in [2.45, 2.75) is 50.7 Å². The number of hydrogen-bond donors (Lipinski definition) is 3. The number of rotatable bonds is 4. The Morgan fingerprint density at radius 1 is 1.35 bits per heavy atom. The van der Waals surface area contributed by atoms with Gasteiger partial charge in [-0.05, 0) is 19.8 Å². The van der Waals surface area contributed by atoms with Crippen molar-refractivity contribution in [3.63, 3.8) is 0 Å². The molecule has 0 aromatic heterocycles. The first-order valence-corrected chi connectivity index (χ1v) is 5.97. The minimum atomic E-state index is -0.865. The van der Waals surface area contributed by atoms with Crippen LogP contribution in [0.1, 0.15) is 39.0 Å². The molecular weight excluding hydrogens is 222 g/mol. The van der Waals surface area contributed by atoms with Crippen LogP contribution in [-0.4, -0.2) is 30.2 Å². The van der Waals surface area contributed by atoms with E-state index in [2.05, 4.69) is 0 Å². The third-order valence-electron chi connectivity index (χ3n) is 3.18. The number of hydrogen-bond acceptors (Lipinski definition) is 4. The van der Waals surface area contributed by atoms with Gasteiger partial charge >= 0.3 is 6.03 Å². The van der Waals surface area contributed by atoms with E-state index < -0.39 is 23.6 Å². The molecule has 3 amide bonds. The molecule has 0 heterocycles. The summed E-state index contributed by atoms with van der Waals surface area (Å²) in [7, 11) is 0. The molecule has 6 heteroatoms. The highest BCUT2D eigenvalue weighted by atomic mass is 16.5. The Bertz CT molecular complexity index is 288. The number of ether oxygens (including phenoxy) is 1. The lowest BCUT2D eigenvalue weighted by Gasteiger charge is -2.37. The zero-order chi connectivity index (χ0) is 12.9. The Morgan fingerprint density at radius 2 is 1.94 bits per heavy atom. The number of carbonyl (C=O) groups is 2. The van der Waals surface area contributed by atoms with Gasteiger partial charge in [-0.3, -0.25) is 10.1 Å². The zero-order valence-electron chi connectivity index (χ0n) is 10.2. The molecule has 1 aliphatic rings. The summed E-state index contributed by atoms with van der Waals surface area (Å²) in [5.41, 5.74) is 10.2. The molecule has 0 bridgehead atoms. The van der Waals surface area contributed by atoms with Crippen LogP contribution < -0.4 is 16.8 Å². The maximum Gasteiger partial charge on any atom is 0.318 e. The smallest absolute Gasteiger partial charge is 0.318 e. The molecule has 98 valence electrons. The van der Waals surface area contributed by atoms with Crippen molar-refractivity contribution < 1.29 is 14.3 Å². The second kappa shape index (κ2) is 5.97. The third-order valence-corrected chi connectivity index (χ3v) is 3.18. The number of carbonyl (C=O) groups excluding carboxylic acids is 2. The van der Waals surface area contributed by atoms with Gasteiger partial charge in [-0.2, -0.15) is 0 Å². The second-order valence-corrected chi connectivity index (χ2v) is 4.56. The summed E-state index contributed by atoms with van der Waals surface area (Å²) >= 11 is 0. The Morgan fingerprint density at radius 3 is 2.41 bits per heavy atom. The van der Waals surface area contributed by atoms with Crippen LogP contribution in [0.3, 0.4) is 0 Å². The van der Waals surface area contributed by atoms with E-state index >= 15 is 0 Å². The second-order valence-electron chi connectivity index (χ2n) is 4.56. The molecule has 0 aromatic rings. The highest BCUT2D eigenvalue weighted by molar-refractivity contribution is 5.95. The Balaban J connectivity index is 2.55. The fraction of sp³-hybridized carbons (Fsp3) is 0.818. The maximum absolute atomic E-state index is 11.5. The molecule has 0 aliphatic heterocycles. The molecule has 0 aromatic carbocycles. The van der Waals surface area contributed by atoms with Crippen molar-refractivity contribution in [3.8, 4) is 0 Å². The highest BCUT2D eigenvalue weighted by Crippen LogP contribution is 2.31. The van der Waals surface area contributed by atoms with E-state index in [4.69, 9.17) is 16.2 Å². The summed E-state index contributed by atoms with van der Waals surface area (Å²) < 4.78 is 5.75. The van der Waals surface area contributed by atoms with E-state index in [0.717, 1.165) is 25.7 Å². The molecule has 0 spiro atoms. The molecule has 1 aliphatic carbocycles. The van der Waals surface area contributed by atoms with Gasteiger partial charge in [0.25, 0.3) is 5.91 Å². The molecule has 1 atom stereocenters. The summed E-state index contributed by atoms with van der Waals surface area (Å²) in [4.78, 5) is 22.1. The van der Waals surface area contributed by atoms with Crippen molar-refractivity contribution >= 4 is 11.9 Å². The molecule has 0 radical (unpaired) electrons. The van der Waals surface area contributed by atoms with Crippen molar-refractivity contribution in [1.29, 1.82) is 0 Å². The minimum Gasteiger partial charge on any atom is -0.361 e. The fourth-order valence-corrected chi connectivity index (χ4v) is 2.22. The number of primary amides is 1. The van der Waals surface area contributed by atoms with Gasteiger partial charge in [0.15, 0.2) is 0 Å². The Labute approximate surface area is 101 Å². The van der Waals surface area contributed by atoms with Crippen molar-refractivity contribution in [2.24, 2.45) is 11.5 Å². The topological polar surface area (TPSA) is 107 Å². The average molecular weight is 243 g/mol. The van der Waals surface area contributed by atoms with Crippen molar-refractivity contribution in [3.05, 3.63) is 0 Å². The van der Waals surface area contributed by atoms with E-state index in [1.165, 1.54) is 6.42 Å². The standard InChI is InChI=1S/C11H21N3O3/c1-8(9(15)14-10(13)16)17-11(7-12)5-3-2-4-6-11/h8H,2-7,12H2,1H3,(H3,13,14,15,16). The van der Waals surface area contributed by atoms with E-state index in [1.54, 1.807) is 6.92 Å². The van der Waals surface area contributed by atoms with Gasteiger partial charge in [0, 0.05) is 6.54 Å². The summed E-state index contributed by atoms with van der Waals surface area (Å²) in [6.07, 6.45) is 4.29. The molecule has 1 fully saturated rings. The zero-order valence-corrected chi connectivity index (χ0v) is 10.2. The van der Waals surface area contributed by atoms with E-state index in [9.17, 15) is 9.59 Å². The lowest BCUT2D eigenvalue weighted by atomic mass is 9.84. The Kier molecular flexibility index (Phi) is 4.89. The summed E-state index contributed by atoms with van der Waals surface area (Å²) in [5.74, 6) is -0.518. The quantitative estimate of drug-likeness (QED) is 0.657. The molecule has 1 rings (SSSR count). The number of nitrogens with one attached hydrogen (secondary N) is 1. The van der Waals surface area contributed by atoms with E-state index in [-0.39, 0.29) is 0 Å². The van der Waals surface area contributed by atoms with Crippen molar-refractivity contribution in [2.75, 3.05) is 6.54 Å². The van der Waals surface area contributed by atoms with Gasteiger partial charge in [-0.25, -0.2) is 4.79 Å². The maximum atomic E-state index is 11.5. The molecule has 1 unspecified atom stereocenters. The Hall–Kier alpha value is -1.14. The lowest BCUT2D eigenvalue weighted by Crippen LogP contribution is -2.49. The predicted molar refractivity (Wildman–Crippen MR) is 63.1 cm³/mol.